The molecule has 4 rings (SSSR count). The SMILES string of the molecule is O=C(CSc1nnc(-c2cccnc2)n1-c1ccc(Br)cc1)NN=Cc1c(Cl)cccc1Cl. The van der Waals surface area contributed by atoms with Crippen LogP contribution in [0.5, 0.6) is 0 Å². The van der Waals surface area contributed by atoms with Gasteiger partial charge in [0.1, 0.15) is 0 Å². The molecule has 1 N–H and O–H groups in total. The summed E-state index contributed by atoms with van der Waals surface area (Å²) in [5.41, 5.74) is 4.68. The Bertz CT molecular complexity index is 1280. The molecule has 0 aliphatic heterocycles. The molecule has 11 heteroatoms. The van der Waals surface area contributed by atoms with E-state index in [1.165, 1.54) is 18.0 Å². The molecule has 7 nitrogen and oxygen atoms in total. The molecule has 0 saturated carbocycles. The number of halogens is 3. The predicted octanol–water partition coefficient (Wildman–Crippen LogP) is 5.64. The molecule has 0 aliphatic carbocycles. The largest absolute Gasteiger partial charge is 0.272 e. The van der Waals surface area contributed by atoms with E-state index in [0.717, 1.165) is 15.7 Å². The van der Waals surface area contributed by atoms with Gasteiger partial charge in [-0.1, -0.05) is 57.0 Å². The highest BCUT2D eigenvalue weighted by molar-refractivity contribution is 9.10. The molecular formula is C22H15BrCl2N6OS. The van der Waals surface area contributed by atoms with E-state index in [-0.39, 0.29) is 11.7 Å². The predicted molar refractivity (Wildman–Crippen MR) is 135 cm³/mol. The number of carbonyl (C=O) groups excluding carboxylic acids is 1. The van der Waals surface area contributed by atoms with Crippen molar-refractivity contribution in [3.8, 4) is 17.1 Å². The van der Waals surface area contributed by atoms with Crippen molar-refractivity contribution < 1.29 is 4.79 Å². The summed E-state index contributed by atoms with van der Waals surface area (Å²) in [7, 11) is 0. The van der Waals surface area contributed by atoms with E-state index in [1.807, 2.05) is 41.0 Å². The quantitative estimate of drug-likeness (QED) is 0.179. The maximum Gasteiger partial charge on any atom is 0.250 e. The molecule has 33 heavy (non-hydrogen) atoms. The molecule has 0 radical (unpaired) electrons. The molecule has 0 atom stereocenters. The second-order valence-corrected chi connectivity index (χ2v) is 9.25. The van der Waals surface area contributed by atoms with Gasteiger partial charge in [-0.25, -0.2) is 5.43 Å². The Kier molecular flexibility index (Phi) is 7.77. The van der Waals surface area contributed by atoms with Gasteiger partial charge in [-0.05, 0) is 48.5 Å². The maximum atomic E-state index is 12.4. The first-order valence-electron chi connectivity index (χ1n) is 9.53. The topological polar surface area (TPSA) is 85.1 Å². The number of hydrogen-bond donors (Lipinski definition) is 1. The first-order chi connectivity index (χ1) is 16.0. The van der Waals surface area contributed by atoms with Crippen molar-refractivity contribution in [3.63, 3.8) is 0 Å². The first kappa shape index (κ1) is 23.4. The van der Waals surface area contributed by atoms with Gasteiger partial charge in [-0.15, -0.1) is 10.2 Å². The molecule has 0 saturated heterocycles. The van der Waals surface area contributed by atoms with Gasteiger partial charge in [-0.3, -0.25) is 14.3 Å². The van der Waals surface area contributed by atoms with E-state index in [0.29, 0.717) is 26.6 Å². The highest BCUT2D eigenvalue weighted by Gasteiger charge is 2.17. The number of rotatable bonds is 7. The number of hydrazone groups is 1. The van der Waals surface area contributed by atoms with E-state index in [9.17, 15) is 4.79 Å². The summed E-state index contributed by atoms with van der Waals surface area (Å²) >= 11 is 16.9. The zero-order valence-corrected chi connectivity index (χ0v) is 20.7. The highest BCUT2D eigenvalue weighted by atomic mass is 79.9. The Hall–Kier alpha value is -2.72. The summed E-state index contributed by atoms with van der Waals surface area (Å²) in [6, 6.07) is 16.6. The van der Waals surface area contributed by atoms with E-state index in [2.05, 4.69) is 41.6 Å². The lowest BCUT2D eigenvalue weighted by molar-refractivity contribution is -0.118. The average Bonchev–Trinajstić information content (AvgIpc) is 3.25. The highest BCUT2D eigenvalue weighted by Crippen LogP contribution is 2.28. The van der Waals surface area contributed by atoms with Crippen LogP contribution in [-0.4, -0.2) is 37.6 Å². The number of benzene rings is 2. The molecule has 166 valence electrons. The van der Waals surface area contributed by atoms with Gasteiger partial charge in [0, 0.05) is 33.7 Å². The molecule has 0 bridgehead atoms. The zero-order valence-electron chi connectivity index (χ0n) is 16.8. The molecule has 0 spiro atoms. The Labute approximate surface area is 212 Å². The van der Waals surface area contributed by atoms with Gasteiger partial charge in [0.15, 0.2) is 11.0 Å². The third-order valence-corrected chi connectivity index (χ3v) is 6.47. The number of carbonyl (C=O) groups is 1. The molecule has 2 heterocycles. The van der Waals surface area contributed by atoms with Crippen molar-refractivity contribution >= 4 is 63.0 Å². The number of hydrogen-bond acceptors (Lipinski definition) is 6. The van der Waals surface area contributed by atoms with Crippen molar-refractivity contribution in [2.24, 2.45) is 5.10 Å². The number of pyridine rings is 1. The molecule has 0 aliphatic rings. The van der Waals surface area contributed by atoms with Crippen LogP contribution in [0.15, 0.2) is 81.7 Å². The van der Waals surface area contributed by atoms with Crippen LogP contribution in [0.1, 0.15) is 5.56 Å². The Balaban J connectivity index is 1.51. The van der Waals surface area contributed by atoms with Gasteiger partial charge in [0.2, 0.25) is 0 Å². The second kappa shape index (κ2) is 10.9. The molecule has 0 unspecified atom stereocenters. The van der Waals surface area contributed by atoms with Gasteiger partial charge >= 0.3 is 0 Å². The van der Waals surface area contributed by atoms with Crippen LogP contribution in [0, 0.1) is 0 Å². The number of nitrogens with zero attached hydrogens (tertiary/aromatic N) is 5. The van der Waals surface area contributed by atoms with Crippen molar-refractivity contribution in [1.29, 1.82) is 0 Å². The van der Waals surface area contributed by atoms with E-state index >= 15 is 0 Å². The monoisotopic (exact) mass is 560 g/mol. The van der Waals surface area contributed by atoms with Crippen LogP contribution in [0.25, 0.3) is 17.1 Å². The summed E-state index contributed by atoms with van der Waals surface area (Å²) in [6.07, 6.45) is 4.83. The van der Waals surface area contributed by atoms with Gasteiger partial charge in [0.25, 0.3) is 5.91 Å². The number of aromatic nitrogens is 4. The molecule has 2 aromatic carbocycles. The lowest BCUT2D eigenvalue weighted by atomic mass is 10.2. The first-order valence-corrected chi connectivity index (χ1v) is 12.1. The molecule has 1 amide bonds. The van der Waals surface area contributed by atoms with Crippen molar-refractivity contribution in [2.75, 3.05) is 5.75 Å². The fourth-order valence-electron chi connectivity index (χ4n) is 2.83. The van der Waals surface area contributed by atoms with Crippen LogP contribution in [0.3, 0.4) is 0 Å². The number of nitrogens with one attached hydrogen (secondary N) is 1. The minimum atomic E-state index is -0.312. The van der Waals surface area contributed by atoms with E-state index in [1.54, 1.807) is 30.6 Å². The molecule has 4 aromatic rings. The lowest BCUT2D eigenvalue weighted by Gasteiger charge is -2.10. The van der Waals surface area contributed by atoms with Gasteiger partial charge in [-0.2, -0.15) is 5.10 Å². The van der Waals surface area contributed by atoms with Crippen LogP contribution in [-0.2, 0) is 4.79 Å². The van der Waals surface area contributed by atoms with Crippen molar-refractivity contribution in [1.82, 2.24) is 25.2 Å². The summed E-state index contributed by atoms with van der Waals surface area (Å²) in [5.74, 6) is 0.391. The van der Waals surface area contributed by atoms with E-state index in [4.69, 9.17) is 23.2 Å². The Morgan fingerprint density at radius 3 is 2.55 bits per heavy atom. The number of thioether (sulfide) groups is 1. The molecular weight excluding hydrogens is 547 g/mol. The van der Waals surface area contributed by atoms with Crippen LogP contribution in [0.2, 0.25) is 10.0 Å². The smallest absolute Gasteiger partial charge is 0.250 e. The van der Waals surface area contributed by atoms with Crippen LogP contribution < -0.4 is 5.43 Å². The van der Waals surface area contributed by atoms with Crippen LogP contribution >= 0.6 is 50.9 Å². The Morgan fingerprint density at radius 2 is 1.85 bits per heavy atom. The normalized spacial score (nSPS) is 11.1. The number of amides is 1. The second-order valence-electron chi connectivity index (χ2n) is 6.58. The zero-order chi connectivity index (χ0) is 23.2. The minimum absolute atomic E-state index is 0.0787. The Morgan fingerprint density at radius 1 is 1.09 bits per heavy atom. The van der Waals surface area contributed by atoms with E-state index < -0.39 is 0 Å². The maximum absolute atomic E-state index is 12.4. The van der Waals surface area contributed by atoms with Crippen molar-refractivity contribution in [3.05, 3.63) is 87.1 Å². The van der Waals surface area contributed by atoms with Crippen molar-refractivity contribution in [2.45, 2.75) is 5.16 Å². The average molecular weight is 562 g/mol. The summed E-state index contributed by atoms with van der Waals surface area (Å²) in [5, 5.41) is 14.0. The lowest BCUT2D eigenvalue weighted by Crippen LogP contribution is -2.20. The van der Waals surface area contributed by atoms with Gasteiger partial charge < -0.3 is 0 Å². The summed E-state index contributed by atoms with van der Waals surface area (Å²) in [6.45, 7) is 0. The fourth-order valence-corrected chi connectivity index (χ4v) is 4.34. The van der Waals surface area contributed by atoms with Gasteiger partial charge in [0.05, 0.1) is 22.0 Å². The molecule has 0 fully saturated rings. The third-order valence-electron chi connectivity index (χ3n) is 4.35. The third kappa shape index (κ3) is 5.80. The van der Waals surface area contributed by atoms with Crippen LogP contribution in [0.4, 0.5) is 0 Å². The minimum Gasteiger partial charge on any atom is -0.272 e. The standard InChI is InChI=1S/C22H15BrCl2N6OS/c23-15-6-8-16(9-7-15)31-21(14-3-2-10-26-11-14)29-30-22(31)33-13-20(32)28-27-12-17-18(24)4-1-5-19(17)25/h1-12H,13H2,(H,28,32). The molecule has 2 aromatic heterocycles. The summed E-state index contributed by atoms with van der Waals surface area (Å²) < 4.78 is 2.83. The fraction of sp³-hybridized carbons (Fsp3) is 0.0455. The summed E-state index contributed by atoms with van der Waals surface area (Å²) in [4.78, 5) is 16.5.